The monoisotopic (exact) mass is 499 g/mol. The summed E-state index contributed by atoms with van der Waals surface area (Å²) in [4.78, 5) is 41.7. The third-order valence-electron chi connectivity index (χ3n) is 5.42. The molecule has 0 saturated carbocycles. The van der Waals surface area contributed by atoms with E-state index in [1.165, 1.54) is 6.20 Å². The number of H-pyrrole nitrogens is 1. The molecule has 0 aliphatic rings. The molecular formula is C29H29N3O5. The van der Waals surface area contributed by atoms with E-state index in [0.717, 1.165) is 5.56 Å². The van der Waals surface area contributed by atoms with Gasteiger partial charge in [-0.15, -0.1) is 0 Å². The van der Waals surface area contributed by atoms with E-state index in [1.54, 1.807) is 57.2 Å². The molecule has 37 heavy (non-hydrogen) atoms. The maximum atomic E-state index is 13.3. The summed E-state index contributed by atoms with van der Waals surface area (Å²) in [5.74, 6) is 0.0495. The Morgan fingerprint density at radius 3 is 2.41 bits per heavy atom. The fourth-order valence-electron chi connectivity index (χ4n) is 3.88. The van der Waals surface area contributed by atoms with Crippen LogP contribution in [0.2, 0.25) is 0 Å². The van der Waals surface area contributed by atoms with Crippen LogP contribution in [0.3, 0.4) is 0 Å². The van der Waals surface area contributed by atoms with Gasteiger partial charge in [-0.25, -0.2) is 4.79 Å². The highest BCUT2D eigenvalue weighted by Gasteiger charge is 2.20. The summed E-state index contributed by atoms with van der Waals surface area (Å²) in [5.41, 5.74) is 1.75. The van der Waals surface area contributed by atoms with Crippen molar-refractivity contribution in [2.45, 2.75) is 33.3 Å². The largest absolute Gasteiger partial charge is 0.493 e. The Hall–Kier alpha value is -4.59. The molecule has 3 N–H and O–H groups in total. The molecule has 0 spiro atoms. The Morgan fingerprint density at radius 1 is 0.919 bits per heavy atom. The summed E-state index contributed by atoms with van der Waals surface area (Å²) in [6, 6.07) is 19.5. The number of hydrogen-bond donors (Lipinski definition) is 3. The molecule has 190 valence electrons. The van der Waals surface area contributed by atoms with Gasteiger partial charge in [0.15, 0.2) is 0 Å². The van der Waals surface area contributed by atoms with Gasteiger partial charge in [-0.3, -0.25) is 14.9 Å². The Balaban J connectivity index is 1.75. The average molecular weight is 500 g/mol. The number of carbonyl (C=O) groups is 2. The Kier molecular flexibility index (Phi) is 7.29. The van der Waals surface area contributed by atoms with Gasteiger partial charge in [-0.2, -0.15) is 0 Å². The van der Waals surface area contributed by atoms with Gasteiger partial charge in [-0.05, 0) is 58.0 Å². The quantitative estimate of drug-likeness (QED) is 0.293. The van der Waals surface area contributed by atoms with E-state index < -0.39 is 17.6 Å². The van der Waals surface area contributed by atoms with Crippen molar-refractivity contribution in [2.75, 3.05) is 17.2 Å². The zero-order valence-corrected chi connectivity index (χ0v) is 21.2. The topological polar surface area (TPSA) is 110 Å². The van der Waals surface area contributed by atoms with Gasteiger partial charge in [0.2, 0.25) is 5.43 Å². The summed E-state index contributed by atoms with van der Waals surface area (Å²) >= 11 is 0. The SMILES string of the molecule is CCOc1ccccc1-c1ccc(NC(=O)OC(C)(C)C)cc1NC(=O)c1c[nH]c2ccccc2c1=O. The number of fused-ring (bicyclic) bond motifs is 1. The van der Waals surface area contributed by atoms with Crippen LogP contribution in [0, 0.1) is 0 Å². The third-order valence-corrected chi connectivity index (χ3v) is 5.42. The first-order valence-corrected chi connectivity index (χ1v) is 11.9. The summed E-state index contributed by atoms with van der Waals surface area (Å²) in [5, 5.41) is 5.96. The van der Waals surface area contributed by atoms with Crippen LogP contribution >= 0.6 is 0 Å². The minimum Gasteiger partial charge on any atom is -0.493 e. The minimum absolute atomic E-state index is 0.0340. The van der Waals surface area contributed by atoms with E-state index in [9.17, 15) is 14.4 Å². The Bertz CT molecular complexity index is 1520. The predicted molar refractivity (Wildman–Crippen MR) is 145 cm³/mol. The molecule has 0 bridgehead atoms. The molecule has 0 saturated heterocycles. The van der Waals surface area contributed by atoms with Crippen LogP contribution in [0.15, 0.2) is 77.7 Å². The number of pyridine rings is 1. The number of hydrogen-bond acceptors (Lipinski definition) is 5. The van der Waals surface area contributed by atoms with Gasteiger partial charge >= 0.3 is 6.09 Å². The minimum atomic E-state index is -0.672. The Labute approximate surface area is 214 Å². The van der Waals surface area contributed by atoms with E-state index in [2.05, 4.69) is 15.6 Å². The van der Waals surface area contributed by atoms with Crippen molar-refractivity contribution < 1.29 is 19.1 Å². The second-order valence-electron chi connectivity index (χ2n) is 9.35. The second-order valence-corrected chi connectivity index (χ2v) is 9.35. The maximum Gasteiger partial charge on any atom is 0.412 e. The first-order chi connectivity index (χ1) is 17.7. The van der Waals surface area contributed by atoms with Gasteiger partial charge in [0.25, 0.3) is 5.91 Å². The number of benzene rings is 3. The lowest BCUT2D eigenvalue weighted by molar-refractivity contribution is 0.0635. The van der Waals surface area contributed by atoms with E-state index in [-0.39, 0.29) is 11.0 Å². The van der Waals surface area contributed by atoms with Gasteiger partial charge < -0.3 is 19.8 Å². The highest BCUT2D eigenvalue weighted by molar-refractivity contribution is 6.08. The molecule has 1 heterocycles. The van der Waals surface area contributed by atoms with Crippen LogP contribution < -0.4 is 20.8 Å². The fraction of sp³-hybridized carbons (Fsp3) is 0.207. The number of amides is 2. The molecular weight excluding hydrogens is 470 g/mol. The maximum absolute atomic E-state index is 13.3. The molecule has 0 unspecified atom stereocenters. The number of aromatic nitrogens is 1. The summed E-state index contributed by atoms with van der Waals surface area (Å²) in [7, 11) is 0. The molecule has 8 heteroatoms. The fourth-order valence-corrected chi connectivity index (χ4v) is 3.88. The number of rotatable bonds is 6. The molecule has 0 radical (unpaired) electrons. The highest BCUT2D eigenvalue weighted by Crippen LogP contribution is 2.37. The molecule has 2 amide bonds. The normalized spacial score (nSPS) is 11.1. The molecule has 0 atom stereocenters. The molecule has 0 fully saturated rings. The lowest BCUT2D eigenvalue weighted by atomic mass is 10.0. The molecule has 0 aliphatic carbocycles. The molecule has 4 rings (SSSR count). The van der Waals surface area contributed by atoms with E-state index >= 15 is 0 Å². The van der Waals surface area contributed by atoms with Crippen molar-refractivity contribution in [3.05, 3.63) is 88.7 Å². The smallest absolute Gasteiger partial charge is 0.412 e. The van der Waals surface area contributed by atoms with Crippen LogP contribution in [0.5, 0.6) is 5.75 Å². The van der Waals surface area contributed by atoms with Crippen LogP contribution in [0.4, 0.5) is 16.2 Å². The molecule has 3 aromatic carbocycles. The number of anilines is 2. The standard InChI is InChI=1S/C29H29N3O5/c1-5-36-25-13-9-7-10-20(25)19-15-14-18(31-28(35)37-29(2,3)4)16-24(19)32-27(34)22-17-30-23-12-8-6-11-21(23)26(22)33/h6-17H,5H2,1-4H3,(H,30,33)(H,31,35)(H,32,34). The molecule has 0 aliphatic heterocycles. The summed E-state index contributed by atoms with van der Waals surface area (Å²) < 4.78 is 11.1. The van der Waals surface area contributed by atoms with Crippen molar-refractivity contribution in [3.63, 3.8) is 0 Å². The van der Waals surface area contributed by atoms with Crippen LogP contribution in [0.25, 0.3) is 22.0 Å². The van der Waals surface area contributed by atoms with E-state index in [0.29, 0.717) is 40.2 Å². The van der Waals surface area contributed by atoms with Crippen LogP contribution in [-0.2, 0) is 4.74 Å². The zero-order chi connectivity index (χ0) is 26.6. The van der Waals surface area contributed by atoms with Crippen LogP contribution in [0.1, 0.15) is 38.1 Å². The number of nitrogens with one attached hydrogen (secondary N) is 3. The first-order valence-electron chi connectivity index (χ1n) is 11.9. The van der Waals surface area contributed by atoms with Crippen molar-refractivity contribution in [1.29, 1.82) is 0 Å². The number of ether oxygens (including phenoxy) is 2. The molecule has 1 aromatic heterocycles. The average Bonchev–Trinajstić information content (AvgIpc) is 2.84. The highest BCUT2D eigenvalue weighted by atomic mass is 16.6. The van der Waals surface area contributed by atoms with Gasteiger partial charge in [0.1, 0.15) is 16.9 Å². The predicted octanol–water partition coefficient (Wildman–Crippen LogP) is 6.19. The summed E-state index contributed by atoms with van der Waals surface area (Å²) in [6.07, 6.45) is 0.773. The third kappa shape index (κ3) is 5.98. The molecule has 8 nitrogen and oxygen atoms in total. The van der Waals surface area contributed by atoms with Crippen LogP contribution in [-0.4, -0.2) is 29.2 Å². The van der Waals surface area contributed by atoms with Crippen molar-refractivity contribution in [1.82, 2.24) is 4.98 Å². The van der Waals surface area contributed by atoms with E-state index in [1.807, 2.05) is 37.3 Å². The van der Waals surface area contributed by atoms with Gasteiger partial charge in [0, 0.05) is 33.9 Å². The lowest BCUT2D eigenvalue weighted by Crippen LogP contribution is -2.27. The van der Waals surface area contributed by atoms with Crippen molar-refractivity contribution >= 4 is 34.3 Å². The zero-order valence-electron chi connectivity index (χ0n) is 21.2. The van der Waals surface area contributed by atoms with Gasteiger partial charge in [-0.1, -0.05) is 36.4 Å². The van der Waals surface area contributed by atoms with Crippen molar-refractivity contribution in [2.24, 2.45) is 0 Å². The second kappa shape index (κ2) is 10.6. The van der Waals surface area contributed by atoms with Crippen molar-refractivity contribution in [3.8, 4) is 16.9 Å². The Morgan fingerprint density at radius 2 is 1.65 bits per heavy atom. The number of para-hydroxylation sites is 2. The molecule has 4 aromatic rings. The number of aromatic amines is 1. The lowest BCUT2D eigenvalue weighted by Gasteiger charge is -2.20. The summed E-state index contributed by atoms with van der Waals surface area (Å²) in [6.45, 7) is 7.66. The van der Waals surface area contributed by atoms with E-state index in [4.69, 9.17) is 9.47 Å². The van der Waals surface area contributed by atoms with Gasteiger partial charge in [0.05, 0.1) is 12.3 Å². The number of carbonyl (C=O) groups excluding carboxylic acids is 2. The first kappa shape index (κ1) is 25.5.